The Bertz CT molecular complexity index is 1030. The number of piperidine rings is 1. The molecule has 1 fully saturated rings. The molecule has 2 heterocycles. The summed E-state index contributed by atoms with van der Waals surface area (Å²) in [5.41, 5.74) is 1.87. The van der Waals surface area contributed by atoms with E-state index < -0.39 is 5.82 Å². The fourth-order valence-corrected chi connectivity index (χ4v) is 4.27. The Morgan fingerprint density at radius 2 is 1.72 bits per heavy atom. The van der Waals surface area contributed by atoms with E-state index in [4.69, 9.17) is 4.74 Å². The van der Waals surface area contributed by atoms with Crippen molar-refractivity contribution in [2.24, 2.45) is 11.8 Å². The van der Waals surface area contributed by atoms with E-state index in [0.29, 0.717) is 41.0 Å². The summed E-state index contributed by atoms with van der Waals surface area (Å²) in [7, 11) is 0. The van der Waals surface area contributed by atoms with Crippen LogP contribution in [0.4, 0.5) is 10.1 Å². The van der Waals surface area contributed by atoms with Gasteiger partial charge in [0.05, 0.1) is 17.9 Å². The normalized spacial score (nSPS) is 19.3. The van der Waals surface area contributed by atoms with Crippen molar-refractivity contribution >= 4 is 23.1 Å². The van der Waals surface area contributed by atoms with E-state index in [2.05, 4.69) is 20.8 Å². The number of nitrogens with zero attached hydrogens (tertiary/aromatic N) is 2. The molecule has 0 saturated carbocycles. The van der Waals surface area contributed by atoms with Gasteiger partial charge < -0.3 is 9.64 Å². The summed E-state index contributed by atoms with van der Waals surface area (Å²) >= 11 is 0. The first-order chi connectivity index (χ1) is 15.3. The largest absolute Gasteiger partial charge is 0.493 e. The van der Waals surface area contributed by atoms with Gasteiger partial charge >= 0.3 is 0 Å². The molecule has 1 atom stereocenters. The van der Waals surface area contributed by atoms with Crippen LogP contribution in [0.5, 0.6) is 5.75 Å². The first-order valence-corrected chi connectivity index (χ1v) is 11.2. The molecule has 0 bridgehead atoms. The molecule has 1 saturated heterocycles. The van der Waals surface area contributed by atoms with Gasteiger partial charge in [0, 0.05) is 13.1 Å². The molecule has 2 aromatic rings. The number of carbonyl (C=O) groups excluding carboxylic acids is 2. The topological polar surface area (TPSA) is 49.9 Å². The first kappa shape index (κ1) is 22.1. The van der Waals surface area contributed by atoms with Gasteiger partial charge in [-0.2, -0.15) is 0 Å². The number of imide groups is 1. The Balaban J connectivity index is 1.73. The number of likely N-dealkylation sites (tertiary alicyclic amines) is 1. The molecule has 0 radical (unpaired) electrons. The van der Waals surface area contributed by atoms with Crippen LogP contribution in [0.3, 0.4) is 0 Å². The first-order valence-electron chi connectivity index (χ1n) is 11.2. The zero-order valence-corrected chi connectivity index (χ0v) is 18.8. The van der Waals surface area contributed by atoms with Gasteiger partial charge in [0.15, 0.2) is 0 Å². The number of amides is 2. The van der Waals surface area contributed by atoms with E-state index in [0.717, 1.165) is 36.6 Å². The van der Waals surface area contributed by atoms with E-state index in [-0.39, 0.29) is 11.8 Å². The zero-order chi connectivity index (χ0) is 22.8. The number of carbonyl (C=O) groups is 2. The molecule has 4 rings (SSSR count). The monoisotopic (exact) mass is 436 g/mol. The van der Waals surface area contributed by atoms with Crippen molar-refractivity contribution in [1.82, 2.24) is 4.90 Å². The van der Waals surface area contributed by atoms with Crippen LogP contribution in [0.25, 0.3) is 5.57 Å². The average Bonchev–Trinajstić information content (AvgIpc) is 3.03. The molecule has 0 spiro atoms. The lowest BCUT2D eigenvalue weighted by Crippen LogP contribution is -2.39. The molecule has 6 heteroatoms. The van der Waals surface area contributed by atoms with Crippen molar-refractivity contribution in [2.75, 3.05) is 24.6 Å². The molecule has 2 amide bonds. The number of rotatable bonds is 6. The predicted octanol–water partition coefficient (Wildman–Crippen LogP) is 4.88. The minimum absolute atomic E-state index is 0.356. The number of halogens is 1. The molecule has 0 N–H and O–H groups in total. The molecule has 2 aliphatic rings. The van der Waals surface area contributed by atoms with Gasteiger partial charge in [-0.1, -0.05) is 32.9 Å². The zero-order valence-electron chi connectivity index (χ0n) is 18.8. The van der Waals surface area contributed by atoms with Gasteiger partial charge in [0.1, 0.15) is 17.3 Å². The summed E-state index contributed by atoms with van der Waals surface area (Å²) in [5, 5.41) is 0. The van der Waals surface area contributed by atoms with Crippen molar-refractivity contribution in [3.63, 3.8) is 0 Å². The maximum Gasteiger partial charge on any atom is 0.282 e. The van der Waals surface area contributed by atoms with Crippen LogP contribution < -0.4 is 9.64 Å². The summed E-state index contributed by atoms with van der Waals surface area (Å²) in [6.07, 6.45) is 2.07. The van der Waals surface area contributed by atoms with Crippen LogP contribution in [-0.2, 0) is 9.59 Å². The van der Waals surface area contributed by atoms with Crippen LogP contribution >= 0.6 is 0 Å². The third-order valence-electron chi connectivity index (χ3n) is 5.84. The van der Waals surface area contributed by atoms with Gasteiger partial charge in [-0.05, 0) is 66.6 Å². The summed E-state index contributed by atoms with van der Waals surface area (Å²) in [4.78, 5) is 30.3. The SMILES string of the molecule is CC(C)COc1ccc(C2=C(N3CCCC(C)C3)C(=O)N(c3ccc(F)cc3)C2=O)cc1. The number of hydrogen-bond donors (Lipinski definition) is 0. The highest BCUT2D eigenvalue weighted by Gasteiger charge is 2.43. The summed E-state index contributed by atoms with van der Waals surface area (Å²) < 4.78 is 19.2. The third-order valence-corrected chi connectivity index (χ3v) is 5.84. The highest BCUT2D eigenvalue weighted by atomic mass is 19.1. The van der Waals surface area contributed by atoms with E-state index >= 15 is 0 Å². The summed E-state index contributed by atoms with van der Waals surface area (Å²) in [6, 6.07) is 12.8. The van der Waals surface area contributed by atoms with E-state index in [9.17, 15) is 14.0 Å². The summed E-state index contributed by atoms with van der Waals surface area (Å²) in [5.74, 6) is 0.415. The molecular formula is C26H29FN2O3. The standard InChI is InChI=1S/C26H29FN2O3/c1-17(2)16-32-22-12-6-19(7-13-22)23-24(28-14-4-5-18(3)15-28)26(31)29(25(23)30)21-10-8-20(27)9-11-21/h6-13,17-18H,4-5,14-16H2,1-3H3. The lowest BCUT2D eigenvalue weighted by molar-refractivity contribution is -0.120. The minimum atomic E-state index is -0.414. The Morgan fingerprint density at radius 1 is 1.03 bits per heavy atom. The van der Waals surface area contributed by atoms with Crippen LogP contribution in [0.1, 0.15) is 39.2 Å². The Labute approximate surface area is 188 Å². The second kappa shape index (κ2) is 9.15. The van der Waals surface area contributed by atoms with Crippen LogP contribution in [0, 0.1) is 17.7 Å². The van der Waals surface area contributed by atoms with Crippen LogP contribution in [0.15, 0.2) is 54.2 Å². The van der Waals surface area contributed by atoms with Gasteiger partial charge in [-0.15, -0.1) is 0 Å². The van der Waals surface area contributed by atoms with Crippen molar-refractivity contribution < 1.29 is 18.7 Å². The lowest BCUT2D eigenvalue weighted by Gasteiger charge is -2.33. The summed E-state index contributed by atoms with van der Waals surface area (Å²) in [6.45, 7) is 8.39. The molecule has 2 aromatic carbocycles. The Morgan fingerprint density at radius 3 is 2.34 bits per heavy atom. The third kappa shape index (κ3) is 4.40. The lowest BCUT2D eigenvalue weighted by atomic mass is 9.97. The molecule has 0 aromatic heterocycles. The maximum atomic E-state index is 13.5. The van der Waals surface area contributed by atoms with Crippen molar-refractivity contribution in [1.29, 1.82) is 0 Å². The molecule has 32 heavy (non-hydrogen) atoms. The minimum Gasteiger partial charge on any atom is -0.493 e. The number of hydrogen-bond acceptors (Lipinski definition) is 4. The second-order valence-electron chi connectivity index (χ2n) is 9.07. The maximum absolute atomic E-state index is 13.5. The van der Waals surface area contributed by atoms with E-state index in [1.165, 1.54) is 24.3 Å². The number of benzene rings is 2. The van der Waals surface area contributed by atoms with E-state index in [1.807, 2.05) is 29.2 Å². The predicted molar refractivity (Wildman–Crippen MR) is 123 cm³/mol. The second-order valence-corrected chi connectivity index (χ2v) is 9.07. The van der Waals surface area contributed by atoms with Gasteiger partial charge in [-0.3, -0.25) is 9.59 Å². The van der Waals surface area contributed by atoms with Gasteiger partial charge in [0.2, 0.25) is 0 Å². The Kier molecular flexibility index (Phi) is 6.31. The van der Waals surface area contributed by atoms with Gasteiger partial charge in [-0.25, -0.2) is 9.29 Å². The molecule has 5 nitrogen and oxygen atoms in total. The molecule has 168 valence electrons. The average molecular weight is 437 g/mol. The van der Waals surface area contributed by atoms with Crippen molar-refractivity contribution in [3.8, 4) is 5.75 Å². The molecule has 2 aliphatic heterocycles. The highest BCUT2D eigenvalue weighted by Crippen LogP contribution is 2.37. The molecular weight excluding hydrogens is 407 g/mol. The molecule has 1 unspecified atom stereocenters. The number of anilines is 1. The van der Waals surface area contributed by atoms with Crippen LogP contribution in [-0.4, -0.2) is 36.4 Å². The van der Waals surface area contributed by atoms with Gasteiger partial charge in [0.25, 0.3) is 11.8 Å². The fraction of sp³-hybridized carbons (Fsp3) is 0.385. The highest BCUT2D eigenvalue weighted by molar-refractivity contribution is 6.45. The quantitative estimate of drug-likeness (QED) is 0.606. The van der Waals surface area contributed by atoms with E-state index in [1.54, 1.807) is 0 Å². The van der Waals surface area contributed by atoms with Crippen molar-refractivity contribution in [2.45, 2.75) is 33.6 Å². The number of ether oxygens (including phenoxy) is 1. The molecule has 0 aliphatic carbocycles. The fourth-order valence-electron chi connectivity index (χ4n) is 4.27. The van der Waals surface area contributed by atoms with Crippen molar-refractivity contribution in [3.05, 3.63) is 65.6 Å². The Hall–Kier alpha value is -3.15. The smallest absolute Gasteiger partial charge is 0.282 e. The van der Waals surface area contributed by atoms with Crippen LogP contribution in [0.2, 0.25) is 0 Å².